The number of nitriles is 1. The molecule has 0 atom stereocenters. The highest BCUT2D eigenvalue weighted by Gasteiger charge is 2.37. The predicted molar refractivity (Wildman–Crippen MR) is 115 cm³/mol. The number of benzene rings is 2. The van der Waals surface area contributed by atoms with Gasteiger partial charge in [-0.2, -0.15) is 18.9 Å². The van der Waals surface area contributed by atoms with Crippen molar-refractivity contribution in [3.8, 4) is 17.5 Å². The number of sulfonamides is 2. The first kappa shape index (κ1) is 22.2. The summed E-state index contributed by atoms with van der Waals surface area (Å²) in [4.78, 5) is 4.20. The van der Waals surface area contributed by atoms with Crippen molar-refractivity contribution in [1.82, 2.24) is 13.6 Å². The minimum Gasteiger partial charge on any atom is -0.422 e. The van der Waals surface area contributed by atoms with Crippen LogP contribution in [0.25, 0.3) is 11.5 Å². The Bertz CT molecular complexity index is 1370. The fraction of sp³-hybridized carbons (Fsp3) is 0.238. The SMILES string of the molecule is Cc1ccc(-c2nc(C#N)c(S(=O)(=O)N3CCN(S(=O)(=O)c4ccccc4)CC3)o2)cc1. The molecular weight excluding hydrogens is 452 g/mol. The zero-order valence-corrected chi connectivity index (χ0v) is 18.8. The normalized spacial score (nSPS) is 16.0. The number of oxazole rings is 1. The molecule has 0 saturated carbocycles. The maximum atomic E-state index is 13.2. The van der Waals surface area contributed by atoms with Crippen molar-refractivity contribution in [1.29, 1.82) is 5.26 Å². The van der Waals surface area contributed by atoms with Gasteiger partial charge in [0, 0.05) is 31.7 Å². The summed E-state index contributed by atoms with van der Waals surface area (Å²) in [7, 11) is -7.89. The van der Waals surface area contributed by atoms with Gasteiger partial charge >= 0.3 is 0 Å². The molecule has 32 heavy (non-hydrogen) atoms. The Morgan fingerprint density at radius 2 is 1.44 bits per heavy atom. The lowest BCUT2D eigenvalue weighted by Gasteiger charge is -2.32. The second kappa shape index (κ2) is 8.48. The van der Waals surface area contributed by atoms with Gasteiger partial charge in [0.15, 0.2) is 5.69 Å². The Morgan fingerprint density at radius 1 is 0.875 bits per heavy atom. The van der Waals surface area contributed by atoms with Crippen LogP contribution in [0.15, 0.2) is 69.0 Å². The lowest BCUT2D eigenvalue weighted by molar-refractivity contribution is 0.268. The van der Waals surface area contributed by atoms with E-state index in [1.165, 1.54) is 16.4 Å². The van der Waals surface area contributed by atoms with Gasteiger partial charge in [0.1, 0.15) is 6.07 Å². The number of hydrogen-bond acceptors (Lipinski definition) is 7. The molecule has 1 aliphatic heterocycles. The van der Waals surface area contributed by atoms with Gasteiger partial charge in [0.25, 0.3) is 15.1 Å². The van der Waals surface area contributed by atoms with Gasteiger partial charge in [0.05, 0.1) is 4.90 Å². The topological polar surface area (TPSA) is 125 Å². The molecule has 2 heterocycles. The average molecular weight is 473 g/mol. The van der Waals surface area contributed by atoms with Gasteiger partial charge in [-0.3, -0.25) is 0 Å². The maximum Gasteiger partial charge on any atom is 0.279 e. The molecule has 9 nitrogen and oxygen atoms in total. The molecule has 1 fully saturated rings. The molecule has 1 saturated heterocycles. The van der Waals surface area contributed by atoms with Crippen molar-refractivity contribution in [3.63, 3.8) is 0 Å². The first-order valence-electron chi connectivity index (χ1n) is 9.77. The minimum absolute atomic E-state index is 0.0166. The van der Waals surface area contributed by atoms with Crippen LogP contribution in [0.5, 0.6) is 0 Å². The standard InChI is InChI=1S/C21H20N4O5S2/c1-16-7-9-17(10-8-16)20-23-19(15-22)21(30-20)32(28,29)25-13-11-24(12-14-25)31(26,27)18-5-3-2-4-6-18/h2-10H,11-14H2,1H3. The lowest BCUT2D eigenvalue weighted by atomic mass is 10.1. The van der Waals surface area contributed by atoms with Crippen LogP contribution in [-0.2, 0) is 20.0 Å². The summed E-state index contributed by atoms with van der Waals surface area (Å²) in [5, 5.41) is 8.88. The maximum absolute atomic E-state index is 13.2. The molecular formula is C21H20N4O5S2. The lowest BCUT2D eigenvalue weighted by Crippen LogP contribution is -2.50. The van der Waals surface area contributed by atoms with Crippen LogP contribution in [0.1, 0.15) is 11.3 Å². The van der Waals surface area contributed by atoms with Crippen molar-refractivity contribution in [2.75, 3.05) is 26.2 Å². The van der Waals surface area contributed by atoms with Crippen molar-refractivity contribution >= 4 is 20.0 Å². The van der Waals surface area contributed by atoms with E-state index in [-0.39, 0.29) is 42.7 Å². The Morgan fingerprint density at radius 3 is 2.00 bits per heavy atom. The van der Waals surface area contributed by atoms with Gasteiger partial charge in [-0.25, -0.2) is 16.8 Å². The molecule has 0 spiro atoms. The van der Waals surface area contributed by atoms with E-state index in [0.29, 0.717) is 5.56 Å². The van der Waals surface area contributed by atoms with Crippen LogP contribution in [0.4, 0.5) is 0 Å². The van der Waals surface area contributed by atoms with Crippen LogP contribution in [-0.4, -0.2) is 56.6 Å². The molecule has 166 valence electrons. The molecule has 11 heteroatoms. The number of aromatic nitrogens is 1. The van der Waals surface area contributed by atoms with Crippen LogP contribution < -0.4 is 0 Å². The Balaban J connectivity index is 1.56. The highest BCUT2D eigenvalue weighted by atomic mass is 32.2. The van der Waals surface area contributed by atoms with Gasteiger partial charge < -0.3 is 4.42 Å². The molecule has 1 aromatic heterocycles. The van der Waals surface area contributed by atoms with E-state index < -0.39 is 25.1 Å². The highest BCUT2D eigenvalue weighted by Crippen LogP contribution is 2.28. The number of nitrogens with zero attached hydrogens (tertiary/aromatic N) is 4. The first-order valence-corrected chi connectivity index (χ1v) is 12.6. The molecule has 0 N–H and O–H groups in total. The summed E-state index contributed by atoms with van der Waals surface area (Å²) < 4.78 is 59.8. The monoisotopic (exact) mass is 472 g/mol. The third-order valence-electron chi connectivity index (χ3n) is 5.15. The Kier molecular flexibility index (Phi) is 5.87. The van der Waals surface area contributed by atoms with E-state index >= 15 is 0 Å². The van der Waals surface area contributed by atoms with Crippen LogP contribution in [0.3, 0.4) is 0 Å². The fourth-order valence-corrected chi connectivity index (χ4v) is 6.22. The molecule has 1 aliphatic rings. The minimum atomic E-state index is -4.17. The van der Waals surface area contributed by atoms with Crippen LogP contribution in [0.2, 0.25) is 0 Å². The Hall–Kier alpha value is -3.04. The van der Waals surface area contributed by atoms with Gasteiger partial charge in [-0.05, 0) is 31.2 Å². The second-order valence-electron chi connectivity index (χ2n) is 7.25. The van der Waals surface area contributed by atoms with E-state index in [1.54, 1.807) is 36.4 Å². The third kappa shape index (κ3) is 4.05. The van der Waals surface area contributed by atoms with E-state index in [4.69, 9.17) is 4.42 Å². The van der Waals surface area contributed by atoms with Crippen molar-refractivity contribution in [3.05, 3.63) is 65.9 Å². The van der Waals surface area contributed by atoms with Crippen LogP contribution in [0, 0.1) is 18.3 Å². The smallest absolute Gasteiger partial charge is 0.279 e. The van der Waals surface area contributed by atoms with Crippen molar-refractivity contribution in [2.45, 2.75) is 16.9 Å². The molecule has 0 radical (unpaired) electrons. The summed E-state index contributed by atoms with van der Waals surface area (Å²) in [6.07, 6.45) is 0. The Labute approximate surface area is 186 Å². The molecule has 0 aliphatic carbocycles. The first-order chi connectivity index (χ1) is 15.2. The average Bonchev–Trinajstić information content (AvgIpc) is 3.26. The van der Waals surface area contributed by atoms with E-state index in [0.717, 1.165) is 9.87 Å². The van der Waals surface area contributed by atoms with E-state index in [9.17, 15) is 22.1 Å². The summed E-state index contributed by atoms with van der Waals surface area (Å²) in [6, 6.07) is 16.9. The zero-order valence-electron chi connectivity index (χ0n) is 17.2. The highest BCUT2D eigenvalue weighted by molar-refractivity contribution is 7.89. The second-order valence-corrected chi connectivity index (χ2v) is 11.0. The van der Waals surface area contributed by atoms with E-state index in [2.05, 4.69) is 4.98 Å². The molecule has 4 rings (SSSR count). The largest absolute Gasteiger partial charge is 0.422 e. The molecule has 0 bridgehead atoms. The fourth-order valence-electron chi connectivity index (χ4n) is 3.38. The van der Waals surface area contributed by atoms with Crippen molar-refractivity contribution < 1.29 is 21.3 Å². The molecule has 0 unspecified atom stereocenters. The summed E-state index contributed by atoms with van der Waals surface area (Å²) in [5.41, 5.74) is 1.23. The zero-order chi connectivity index (χ0) is 22.9. The molecule has 2 aromatic carbocycles. The van der Waals surface area contributed by atoms with E-state index in [1.807, 2.05) is 19.1 Å². The summed E-state index contributed by atoms with van der Waals surface area (Å²) >= 11 is 0. The molecule has 0 amide bonds. The van der Waals surface area contributed by atoms with Crippen LogP contribution >= 0.6 is 0 Å². The van der Waals surface area contributed by atoms with Gasteiger partial charge in [0.2, 0.25) is 15.9 Å². The van der Waals surface area contributed by atoms with Gasteiger partial charge in [-0.15, -0.1) is 0 Å². The molecule has 3 aromatic rings. The number of piperazine rings is 1. The number of rotatable bonds is 5. The van der Waals surface area contributed by atoms with Gasteiger partial charge in [-0.1, -0.05) is 35.9 Å². The number of aryl methyl sites for hydroxylation is 1. The number of hydrogen-bond donors (Lipinski definition) is 0. The third-order valence-corrected chi connectivity index (χ3v) is 8.86. The summed E-state index contributed by atoms with van der Waals surface area (Å²) in [5.74, 6) is 0.0328. The summed E-state index contributed by atoms with van der Waals surface area (Å²) in [6.45, 7) is 1.74. The quantitative estimate of drug-likeness (QED) is 0.557. The van der Waals surface area contributed by atoms with Crippen molar-refractivity contribution in [2.24, 2.45) is 0 Å². The predicted octanol–water partition coefficient (Wildman–Crippen LogP) is 2.22.